The van der Waals surface area contributed by atoms with Crippen molar-refractivity contribution in [2.24, 2.45) is 11.6 Å². The molecule has 1 atom stereocenters. The number of carbonyl (C=O) groups is 2. The molecule has 13 heteroatoms. The second-order valence-electron chi connectivity index (χ2n) is 10.3. The van der Waals surface area contributed by atoms with Crippen molar-refractivity contribution in [3.8, 4) is 22.5 Å². The van der Waals surface area contributed by atoms with Crippen molar-refractivity contribution in [3.05, 3.63) is 126 Å². The van der Waals surface area contributed by atoms with Gasteiger partial charge in [-0.15, -0.1) is 0 Å². The molecule has 2 aromatic heterocycles. The lowest BCUT2D eigenvalue weighted by molar-refractivity contribution is -0.129. The first-order valence-corrected chi connectivity index (χ1v) is 14.6. The highest BCUT2D eigenvalue weighted by Gasteiger charge is 2.30. The maximum atomic E-state index is 14.2. The Morgan fingerprint density at radius 2 is 1.85 bits per heavy atom. The van der Waals surface area contributed by atoms with Gasteiger partial charge in [0.2, 0.25) is 6.41 Å². The van der Waals surface area contributed by atoms with Crippen LogP contribution in [-0.4, -0.2) is 43.7 Å². The molecule has 0 aliphatic carbocycles. The summed E-state index contributed by atoms with van der Waals surface area (Å²) in [5, 5.41) is 3.46. The Morgan fingerprint density at radius 1 is 1.11 bits per heavy atom. The van der Waals surface area contributed by atoms with Gasteiger partial charge in [-0.05, 0) is 66.4 Å². The predicted octanol–water partition coefficient (Wildman–Crippen LogP) is 5.21. The minimum atomic E-state index is -0.689. The number of rotatable bonds is 7. The van der Waals surface area contributed by atoms with Gasteiger partial charge >= 0.3 is 0 Å². The summed E-state index contributed by atoms with van der Waals surface area (Å²) < 4.78 is 14.2. The van der Waals surface area contributed by atoms with E-state index in [1.165, 1.54) is 24.7 Å². The molecule has 11 nitrogen and oxygen atoms in total. The minimum Gasteiger partial charge on any atom is -0.393 e. The summed E-state index contributed by atoms with van der Waals surface area (Å²) >= 11 is 5.81. The molecule has 5 aromatic rings. The second-order valence-corrected chi connectivity index (χ2v) is 10.7. The van der Waals surface area contributed by atoms with E-state index in [0.717, 1.165) is 44.3 Å². The quantitative estimate of drug-likeness (QED) is 0.0818. The van der Waals surface area contributed by atoms with Crippen LogP contribution < -0.4 is 21.9 Å². The third kappa shape index (κ3) is 7.04. The number of hydrogen-bond acceptors (Lipinski definition) is 8. The van der Waals surface area contributed by atoms with Crippen molar-refractivity contribution >= 4 is 35.3 Å². The van der Waals surface area contributed by atoms with Crippen LogP contribution >= 0.6 is 11.6 Å². The lowest BCUT2D eigenvalue weighted by atomic mass is 9.87. The van der Waals surface area contributed by atoms with Gasteiger partial charge in [0.25, 0.3) is 5.91 Å². The summed E-state index contributed by atoms with van der Waals surface area (Å²) in [6.45, 7) is 2.42. The molecule has 3 heterocycles. The molecule has 0 radical (unpaired) electrons. The van der Waals surface area contributed by atoms with Crippen LogP contribution in [-0.2, 0) is 16.0 Å². The fourth-order valence-electron chi connectivity index (χ4n) is 5.20. The standard InChI is InChI=1S/C23H22ClFN6O.C10H9N3O/c1-14-16-4-2-5-17(15-10-28-13-29-11-15)18(16)8-9-30(14)23(32)20(26)12-31(27)21-7-3-6-19(24)22(21)25;14-7-13-9-3-1-8(2-4-9)10-11-5-6-12-10/h2-7,10-14H,8-9,26-27H2,1H3;1-7H,(H,11,12)(H,13,14)/b20-12-;. The number of aromatic nitrogens is 4. The van der Waals surface area contributed by atoms with Gasteiger partial charge in [-0.25, -0.2) is 25.2 Å². The largest absolute Gasteiger partial charge is 0.393 e. The molecule has 6 rings (SSSR count). The number of halogens is 2. The van der Waals surface area contributed by atoms with Crippen molar-refractivity contribution in [1.82, 2.24) is 24.8 Å². The van der Waals surface area contributed by atoms with Crippen LogP contribution in [0.15, 0.2) is 104 Å². The number of amides is 2. The Labute approximate surface area is 269 Å². The van der Waals surface area contributed by atoms with Crippen LogP contribution in [0, 0.1) is 5.82 Å². The molecule has 2 amide bonds. The number of hydrazine groups is 1. The van der Waals surface area contributed by atoms with Gasteiger partial charge in [0, 0.05) is 48.1 Å². The summed E-state index contributed by atoms with van der Waals surface area (Å²) in [6.07, 6.45) is 11.0. The number of benzene rings is 3. The van der Waals surface area contributed by atoms with Crippen LogP contribution in [0.5, 0.6) is 0 Å². The Hall–Kier alpha value is -5.59. The average molecular weight is 640 g/mol. The van der Waals surface area contributed by atoms with Crippen LogP contribution in [0.1, 0.15) is 24.1 Å². The number of nitrogens with zero attached hydrogens (tertiary/aromatic N) is 5. The van der Waals surface area contributed by atoms with E-state index in [1.807, 2.05) is 49.4 Å². The minimum absolute atomic E-state index is 0.0139. The van der Waals surface area contributed by atoms with Gasteiger partial charge in [0.05, 0.1) is 23.0 Å². The molecule has 0 bridgehead atoms. The third-order valence-corrected chi connectivity index (χ3v) is 7.77. The Morgan fingerprint density at radius 3 is 2.54 bits per heavy atom. The topological polar surface area (TPSA) is 159 Å². The molecule has 1 unspecified atom stereocenters. The molecule has 0 saturated carbocycles. The molecule has 0 saturated heterocycles. The van der Waals surface area contributed by atoms with Crippen molar-refractivity contribution in [1.29, 1.82) is 0 Å². The first kappa shape index (κ1) is 31.8. The fourth-order valence-corrected chi connectivity index (χ4v) is 5.37. The SMILES string of the molecule is CC1c2cccc(-c3cncnc3)c2CCN1C(=O)/C(N)=C/N(N)c1cccc(Cl)c1F.O=CNc1ccc(-c2ncc[nH]2)cc1. The zero-order valence-electron chi connectivity index (χ0n) is 24.8. The van der Waals surface area contributed by atoms with Gasteiger partial charge in [0.15, 0.2) is 5.82 Å². The summed E-state index contributed by atoms with van der Waals surface area (Å²) in [6, 6.07) is 17.6. The van der Waals surface area contributed by atoms with E-state index < -0.39 is 5.82 Å². The third-order valence-electron chi connectivity index (χ3n) is 7.48. The molecule has 0 spiro atoms. The van der Waals surface area contributed by atoms with E-state index in [2.05, 4.69) is 25.3 Å². The molecule has 1 aliphatic rings. The number of fused-ring (bicyclic) bond motifs is 1. The van der Waals surface area contributed by atoms with Gasteiger partial charge in [-0.3, -0.25) is 14.6 Å². The molecular weight excluding hydrogens is 609 g/mol. The number of nitrogens with one attached hydrogen (secondary N) is 2. The maximum absolute atomic E-state index is 14.2. The van der Waals surface area contributed by atoms with Crippen LogP contribution in [0.4, 0.5) is 15.8 Å². The number of carbonyl (C=O) groups excluding carboxylic acids is 2. The monoisotopic (exact) mass is 639 g/mol. The van der Waals surface area contributed by atoms with Crippen molar-refractivity contribution in [3.63, 3.8) is 0 Å². The van der Waals surface area contributed by atoms with Crippen LogP contribution in [0.3, 0.4) is 0 Å². The smallest absolute Gasteiger partial charge is 0.271 e. The van der Waals surface area contributed by atoms with Crippen molar-refractivity contribution in [2.75, 3.05) is 16.9 Å². The van der Waals surface area contributed by atoms with E-state index in [9.17, 15) is 14.0 Å². The van der Waals surface area contributed by atoms with E-state index in [0.29, 0.717) is 19.4 Å². The Bertz CT molecular complexity index is 1830. The van der Waals surface area contributed by atoms with Gasteiger partial charge in [-0.1, -0.05) is 35.9 Å². The summed E-state index contributed by atoms with van der Waals surface area (Å²) in [7, 11) is 0. The molecule has 1 aliphatic heterocycles. The number of nitrogens with two attached hydrogens (primary N) is 2. The number of hydrogen-bond donors (Lipinski definition) is 4. The molecule has 234 valence electrons. The number of anilines is 2. The Kier molecular flexibility index (Phi) is 10.0. The van der Waals surface area contributed by atoms with Gasteiger partial charge in [-0.2, -0.15) is 0 Å². The van der Waals surface area contributed by atoms with Gasteiger partial charge < -0.3 is 20.9 Å². The molecule has 0 fully saturated rings. The molecule has 6 N–H and O–H groups in total. The fraction of sp³-hybridized carbons (Fsp3) is 0.121. The van der Waals surface area contributed by atoms with Crippen molar-refractivity contribution in [2.45, 2.75) is 19.4 Å². The Balaban J connectivity index is 0.000000247. The van der Waals surface area contributed by atoms with E-state index in [4.69, 9.17) is 23.2 Å². The second kappa shape index (κ2) is 14.5. The van der Waals surface area contributed by atoms with Crippen LogP contribution in [0.25, 0.3) is 22.5 Å². The number of H-pyrrole nitrogens is 1. The lowest BCUT2D eigenvalue weighted by Gasteiger charge is -2.36. The first-order chi connectivity index (χ1) is 22.3. The summed E-state index contributed by atoms with van der Waals surface area (Å²) in [4.78, 5) is 40.3. The highest BCUT2D eigenvalue weighted by Crippen LogP contribution is 2.36. The molecule has 3 aromatic carbocycles. The zero-order valence-corrected chi connectivity index (χ0v) is 25.5. The zero-order chi connectivity index (χ0) is 32.6. The maximum Gasteiger partial charge on any atom is 0.271 e. The first-order valence-electron chi connectivity index (χ1n) is 14.2. The normalized spacial score (nSPS) is 14.0. The van der Waals surface area contributed by atoms with Crippen molar-refractivity contribution < 1.29 is 14.0 Å². The molecule has 46 heavy (non-hydrogen) atoms. The highest BCUT2D eigenvalue weighted by atomic mass is 35.5. The summed E-state index contributed by atoms with van der Waals surface area (Å²) in [5.74, 6) is 5.68. The highest BCUT2D eigenvalue weighted by molar-refractivity contribution is 6.31. The van der Waals surface area contributed by atoms with Crippen LogP contribution in [0.2, 0.25) is 5.02 Å². The molecular formula is C33H31ClFN9O2. The van der Waals surface area contributed by atoms with E-state index >= 15 is 0 Å². The number of imidazole rings is 1. The number of aromatic amines is 1. The average Bonchev–Trinajstić information content (AvgIpc) is 3.62. The van der Waals surface area contributed by atoms with E-state index in [-0.39, 0.29) is 28.4 Å². The summed E-state index contributed by atoms with van der Waals surface area (Å²) in [5.41, 5.74) is 11.9. The van der Waals surface area contributed by atoms with E-state index in [1.54, 1.807) is 35.8 Å². The predicted molar refractivity (Wildman–Crippen MR) is 175 cm³/mol. The van der Waals surface area contributed by atoms with Gasteiger partial charge in [0.1, 0.15) is 17.8 Å². The lowest BCUT2D eigenvalue weighted by Crippen LogP contribution is -2.42.